The van der Waals surface area contributed by atoms with Crippen molar-refractivity contribution in [2.24, 2.45) is 0 Å². The van der Waals surface area contributed by atoms with Gasteiger partial charge in [0.1, 0.15) is 11.5 Å². The number of aromatic nitrogens is 2. The zero-order valence-corrected chi connectivity index (χ0v) is 15.4. The van der Waals surface area contributed by atoms with Crippen LogP contribution in [0.25, 0.3) is 0 Å². The van der Waals surface area contributed by atoms with E-state index in [1.54, 1.807) is 18.2 Å². The lowest BCUT2D eigenvalue weighted by molar-refractivity contribution is 0.0934. The number of halogens is 2. The second kappa shape index (κ2) is 8.17. The van der Waals surface area contributed by atoms with E-state index < -0.39 is 0 Å². The Kier molecular flexibility index (Phi) is 5.71. The number of rotatable bonds is 5. The number of nitrogens with zero attached hydrogens (tertiary/aromatic N) is 2. The summed E-state index contributed by atoms with van der Waals surface area (Å²) in [5.41, 5.74) is 1.86. The molecule has 3 aromatic rings. The molecule has 0 radical (unpaired) electrons. The van der Waals surface area contributed by atoms with Crippen LogP contribution in [0.15, 0.2) is 60.9 Å². The lowest BCUT2D eigenvalue weighted by Gasteiger charge is -2.14. The van der Waals surface area contributed by atoms with Crippen LogP contribution >= 0.6 is 23.2 Å². The summed E-state index contributed by atoms with van der Waals surface area (Å²) in [6.45, 7) is 1.91. The first-order chi connectivity index (χ1) is 12.5. The Bertz CT molecular complexity index is 901. The van der Waals surface area contributed by atoms with Crippen molar-refractivity contribution in [3.8, 4) is 0 Å². The summed E-state index contributed by atoms with van der Waals surface area (Å²) in [6, 6.07) is 14.8. The number of carbonyl (C=O) groups is 1. The van der Waals surface area contributed by atoms with Gasteiger partial charge in [-0.05, 0) is 24.6 Å². The van der Waals surface area contributed by atoms with Crippen molar-refractivity contribution in [1.82, 2.24) is 15.3 Å². The molecule has 0 aliphatic rings. The Morgan fingerprint density at radius 1 is 1.00 bits per heavy atom. The second-order valence-electron chi connectivity index (χ2n) is 5.62. The van der Waals surface area contributed by atoms with Crippen LogP contribution in [0.2, 0.25) is 10.0 Å². The zero-order valence-electron chi connectivity index (χ0n) is 13.9. The minimum absolute atomic E-state index is 0.131. The van der Waals surface area contributed by atoms with Gasteiger partial charge >= 0.3 is 0 Å². The number of amides is 1. The number of carbonyl (C=O) groups excluding carboxylic acids is 1. The van der Waals surface area contributed by atoms with Crippen LogP contribution in [0.4, 0.5) is 11.5 Å². The Morgan fingerprint density at radius 2 is 1.77 bits per heavy atom. The van der Waals surface area contributed by atoms with Gasteiger partial charge in [-0.25, -0.2) is 9.97 Å². The van der Waals surface area contributed by atoms with Gasteiger partial charge in [0.25, 0.3) is 5.91 Å². The largest absolute Gasteiger partial charge is 0.344 e. The van der Waals surface area contributed by atoms with Gasteiger partial charge in [0.2, 0.25) is 0 Å². The predicted molar refractivity (Wildman–Crippen MR) is 104 cm³/mol. The molecule has 26 heavy (non-hydrogen) atoms. The molecule has 5 nitrogen and oxygen atoms in total. The van der Waals surface area contributed by atoms with Crippen molar-refractivity contribution in [2.75, 3.05) is 5.32 Å². The van der Waals surface area contributed by atoms with E-state index in [1.807, 2.05) is 37.3 Å². The van der Waals surface area contributed by atoms with Crippen LogP contribution in [-0.4, -0.2) is 15.9 Å². The third-order valence-corrected chi connectivity index (χ3v) is 4.56. The van der Waals surface area contributed by atoms with Crippen LogP contribution < -0.4 is 10.6 Å². The second-order valence-corrected chi connectivity index (χ2v) is 6.40. The summed E-state index contributed by atoms with van der Waals surface area (Å²) in [4.78, 5) is 20.7. The highest BCUT2D eigenvalue weighted by molar-refractivity contribution is 6.43. The highest BCUT2D eigenvalue weighted by Crippen LogP contribution is 2.31. The van der Waals surface area contributed by atoms with E-state index in [9.17, 15) is 4.79 Å². The summed E-state index contributed by atoms with van der Waals surface area (Å²) >= 11 is 12.1. The van der Waals surface area contributed by atoms with Gasteiger partial charge in [-0.2, -0.15) is 0 Å². The van der Waals surface area contributed by atoms with Crippen molar-refractivity contribution < 1.29 is 4.79 Å². The molecule has 7 heteroatoms. The number of anilines is 2. The molecule has 0 saturated heterocycles. The van der Waals surface area contributed by atoms with E-state index in [4.69, 9.17) is 23.2 Å². The maximum Gasteiger partial charge on any atom is 0.271 e. The molecule has 1 unspecified atom stereocenters. The monoisotopic (exact) mass is 386 g/mol. The summed E-state index contributed by atoms with van der Waals surface area (Å²) < 4.78 is 0. The first-order valence-corrected chi connectivity index (χ1v) is 8.69. The minimum atomic E-state index is -0.291. The molecule has 2 N–H and O–H groups in total. The van der Waals surface area contributed by atoms with Crippen LogP contribution in [0.5, 0.6) is 0 Å². The molecule has 0 saturated carbocycles. The van der Waals surface area contributed by atoms with Crippen molar-refractivity contribution in [3.05, 3.63) is 82.2 Å². The Labute approximate surface area is 161 Å². The molecule has 0 spiro atoms. The topological polar surface area (TPSA) is 66.9 Å². The first kappa shape index (κ1) is 18.2. The van der Waals surface area contributed by atoms with Crippen molar-refractivity contribution in [3.63, 3.8) is 0 Å². The van der Waals surface area contributed by atoms with E-state index in [2.05, 4.69) is 20.6 Å². The number of hydrogen-bond donors (Lipinski definition) is 2. The van der Waals surface area contributed by atoms with Crippen molar-refractivity contribution >= 4 is 40.6 Å². The van der Waals surface area contributed by atoms with E-state index in [0.29, 0.717) is 21.6 Å². The molecule has 1 heterocycles. The Balaban J connectivity index is 1.67. The fraction of sp³-hybridized carbons (Fsp3) is 0.105. The molecule has 132 valence electrons. The molecular formula is C19H16Cl2N4O. The highest BCUT2D eigenvalue weighted by atomic mass is 35.5. The molecule has 2 aromatic carbocycles. The normalized spacial score (nSPS) is 11.7. The molecular weight excluding hydrogens is 371 g/mol. The zero-order chi connectivity index (χ0) is 18.5. The molecule has 1 atom stereocenters. The molecule has 0 aliphatic heterocycles. The minimum Gasteiger partial charge on any atom is -0.344 e. The average Bonchev–Trinajstić information content (AvgIpc) is 2.66. The lowest BCUT2D eigenvalue weighted by Crippen LogP contribution is -2.27. The predicted octanol–water partition coefficient (Wildman–Crippen LogP) is 5.02. The summed E-state index contributed by atoms with van der Waals surface area (Å²) in [7, 11) is 0. The third-order valence-electron chi connectivity index (χ3n) is 3.75. The van der Waals surface area contributed by atoms with Crippen LogP contribution in [0.1, 0.15) is 29.0 Å². The fourth-order valence-electron chi connectivity index (χ4n) is 2.34. The van der Waals surface area contributed by atoms with Gasteiger partial charge in [0, 0.05) is 0 Å². The molecule has 0 fully saturated rings. The van der Waals surface area contributed by atoms with Gasteiger partial charge in [-0.15, -0.1) is 0 Å². The van der Waals surface area contributed by atoms with E-state index in [0.717, 1.165) is 5.56 Å². The van der Waals surface area contributed by atoms with Crippen LogP contribution in [-0.2, 0) is 0 Å². The van der Waals surface area contributed by atoms with Gasteiger partial charge in [0.05, 0.1) is 34.2 Å². The van der Waals surface area contributed by atoms with Crippen molar-refractivity contribution in [2.45, 2.75) is 13.0 Å². The van der Waals surface area contributed by atoms with Crippen LogP contribution in [0, 0.1) is 0 Å². The van der Waals surface area contributed by atoms with E-state index in [1.165, 1.54) is 12.4 Å². The van der Waals surface area contributed by atoms with Crippen LogP contribution in [0.3, 0.4) is 0 Å². The number of benzene rings is 2. The van der Waals surface area contributed by atoms with Gasteiger partial charge in [-0.1, -0.05) is 59.6 Å². The number of nitrogens with one attached hydrogen (secondary N) is 2. The van der Waals surface area contributed by atoms with E-state index in [-0.39, 0.29) is 17.6 Å². The third kappa shape index (κ3) is 4.31. The van der Waals surface area contributed by atoms with Crippen molar-refractivity contribution in [1.29, 1.82) is 0 Å². The smallest absolute Gasteiger partial charge is 0.271 e. The summed E-state index contributed by atoms with van der Waals surface area (Å²) in [6.07, 6.45) is 2.88. The fourth-order valence-corrected chi connectivity index (χ4v) is 2.69. The molecule has 1 amide bonds. The van der Waals surface area contributed by atoms with E-state index >= 15 is 0 Å². The average molecular weight is 387 g/mol. The molecule has 1 aromatic heterocycles. The first-order valence-electron chi connectivity index (χ1n) is 7.93. The van der Waals surface area contributed by atoms with Gasteiger partial charge in [0.15, 0.2) is 0 Å². The lowest BCUT2D eigenvalue weighted by atomic mass is 10.1. The number of hydrogen-bond acceptors (Lipinski definition) is 4. The highest BCUT2D eigenvalue weighted by Gasteiger charge is 2.13. The summed E-state index contributed by atoms with van der Waals surface area (Å²) in [5, 5.41) is 6.76. The Morgan fingerprint density at radius 3 is 2.46 bits per heavy atom. The van der Waals surface area contributed by atoms with Gasteiger partial charge in [-0.3, -0.25) is 4.79 Å². The summed E-state index contributed by atoms with van der Waals surface area (Å²) in [5.74, 6) is 0.169. The van der Waals surface area contributed by atoms with Gasteiger partial charge < -0.3 is 10.6 Å². The Hall–Kier alpha value is -2.63. The molecule has 3 rings (SSSR count). The maximum atomic E-state index is 12.3. The molecule has 0 bridgehead atoms. The standard InChI is InChI=1S/C19H16Cl2N4O/c1-12(13-6-3-2-4-7-13)24-19(26)16-10-23-17(11-22-16)25-15-9-5-8-14(20)18(15)21/h2-12H,1H3,(H,23,25)(H,24,26). The molecule has 0 aliphatic carbocycles. The SMILES string of the molecule is CC(NC(=O)c1cnc(Nc2cccc(Cl)c2Cl)cn1)c1ccccc1. The maximum absolute atomic E-state index is 12.3. The quantitative estimate of drug-likeness (QED) is 0.645.